The Kier molecular flexibility index (Phi) is 4.09. The Bertz CT molecular complexity index is 682. The molecule has 0 atom stereocenters. The zero-order valence-corrected chi connectivity index (χ0v) is 12.6. The van der Waals surface area contributed by atoms with Gasteiger partial charge in [-0.25, -0.2) is 9.18 Å². The molecule has 1 aliphatic rings. The summed E-state index contributed by atoms with van der Waals surface area (Å²) in [7, 11) is 0. The molecule has 0 unspecified atom stereocenters. The van der Waals surface area contributed by atoms with Crippen LogP contribution in [-0.4, -0.2) is 17.0 Å². The predicted octanol–water partition coefficient (Wildman–Crippen LogP) is 4.33. The van der Waals surface area contributed by atoms with Gasteiger partial charge in [0.25, 0.3) is 0 Å². The largest absolute Gasteiger partial charge is 0.322 e. The molecule has 1 N–H and O–H groups in total. The highest BCUT2D eigenvalue weighted by atomic mass is 19.1. The van der Waals surface area contributed by atoms with E-state index in [4.69, 9.17) is 0 Å². The van der Waals surface area contributed by atoms with Gasteiger partial charge in [0.15, 0.2) is 0 Å². The lowest BCUT2D eigenvalue weighted by atomic mass is 10.1. The summed E-state index contributed by atoms with van der Waals surface area (Å²) in [6, 6.07) is 14.4. The van der Waals surface area contributed by atoms with Crippen LogP contribution < -0.4 is 5.32 Å². The molecular weight excluding hydrogens is 279 g/mol. The van der Waals surface area contributed by atoms with E-state index >= 15 is 0 Å². The minimum atomic E-state index is -0.415. The fourth-order valence-corrected chi connectivity index (χ4v) is 2.51. The van der Waals surface area contributed by atoms with Gasteiger partial charge >= 0.3 is 6.03 Å². The number of nitrogens with zero attached hydrogens (tertiary/aromatic N) is 1. The standard InChI is InChI=1S/C18H19FN2O/c1-13-5-4-6-14(11-13)12-21(15-9-10-15)18(22)20-17-8-3-2-7-16(17)19/h2-8,11,15H,9-10,12H2,1H3,(H,20,22). The lowest BCUT2D eigenvalue weighted by molar-refractivity contribution is 0.206. The van der Waals surface area contributed by atoms with E-state index in [1.165, 1.54) is 11.6 Å². The van der Waals surface area contributed by atoms with Gasteiger partial charge in [0, 0.05) is 12.6 Å². The van der Waals surface area contributed by atoms with Gasteiger partial charge in [0.1, 0.15) is 5.82 Å². The molecule has 3 nitrogen and oxygen atoms in total. The van der Waals surface area contributed by atoms with E-state index in [0.717, 1.165) is 18.4 Å². The first kappa shape index (κ1) is 14.6. The Morgan fingerprint density at radius 1 is 1.23 bits per heavy atom. The molecule has 114 valence electrons. The van der Waals surface area contributed by atoms with E-state index in [-0.39, 0.29) is 17.8 Å². The second kappa shape index (κ2) is 6.18. The molecule has 3 rings (SSSR count). The number of rotatable bonds is 4. The average molecular weight is 298 g/mol. The van der Waals surface area contributed by atoms with Crippen LogP contribution in [0.25, 0.3) is 0 Å². The molecule has 0 bridgehead atoms. The van der Waals surface area contributed by atoms with Crippen molar-refractivity contribution in [3.63, 3.8) is 0 Å². The van der Waals surface area contributed by atoms with E-state index in [1.54, 1.807) is 23.1 Å². The van der Waals surface area contributed by atoms with E-state index in [9.17, 15) is 9.18 Å². The van der Waals surface area contributed by atoms with Gasteiger partial charge in [0.2, 0.25) is 0 Å². The Labute approximate surface area is 129 Å². The van der Waals surface area contributed by atoms with Gasteiger partial charge in [-0.3, -0.25) is 0 Å². The van der Waals surface area contributed by atoms with Crippen LogP contribution in [-0.2, 0) is 6.54 Å². The number of carbonyl (C=O) groups excluding carboxylic acids is 1. The maximum Gasteiger partial charge on any atom is 0.322 e. The van der Waals surface area contributed by atoms with Crippen LogP contribution in [0.1, 0.15) is 24.0 Å². The Balaban J connectivity index is 1.74. The lowest BCUT2D eigenvalue weighted by Gasteiger charge is -2.23. The summed E-state index contributed by atoms with van der Waals surface area (Å²) in [5.74, 6) is -0.415. The number of aryl methyl sites for hydroxylation is 1. The Morgan fingerprint density at radius 2 is 2.00 bits per heavy atom. The van der Waals surface area contributed by atoms with Crippen LogP contribution in [0, 0.1) is 12.7 Å². The highest BCUT2D eigenvalue weighted by Crippen LogP contribution is 2.29. The van der Waals surface area contributed by atoms with Gasteiger partial charge in [-0.1, -0.05) is 42.0 Å². The number of halogens is 1. The highest BCUT2D eigenvalue weighted by molar-refractivity contribution is 5.89. The number of benzene rings is 2. The average Bonchev–Trinajstić information content (AvgIpc) is 3.32. The summed E-state index contributed by atoms with van der Waals surface area (Å²) >= 11 is 0. The lowest BCUT2D eigenvalue weighted by Crippen LogP contribution is -2.36. The van der Waals surface area contributed by atoms with Crippen molar-refractivity contribution in [1.82, 2.24) is 4.90 Å². The smallest absolute Gasteiger partial charge is 0.317 e. The normalized spacial score (nSPS) is 13.7. The molecule has 0 aromatic heterocycles. The molecule has 0 saturated heterocycles. The van der Waals surface area contributed by atoms with E-state index < -0.39 is 5.82 Å². The number of para-hydroxylation sites is 1. The zero-order chi connectivity index (χ0) is 15.5. The topological polar surface area (TPSA) is 32.3 Å². The number of hydrogen-bond acceptors (Lipinski definition) is 1. The van der Waals surface area contributed by atoms with Crippen molar-refractivity contribution in [3.05, 3.63) is 65.5 Å². The number of hydrogen-bond donors (Lipinski definition) is 1. The molecule has 4 heteroatoms. The van der Waals surface area contributed by atoms with Crippen molar-refractivity contribution in [2.24, 2.45) is 0 Å². The predicted molar refractivity (Wildman–Crippen MR) is 85.2 cm³/mol. The Morgan fingerprint density at radius 3 is 2.68 bits per heavy atom. The zero-order valence-electron chi connectivity index (χ0n) is 12.6. The Hall–Kier alpha value is -2.36. The maximum atomic E-state index is 13.7. The third-order valence-electron chi connectivity index (χ3n) is 3.80. The fraction of sp³-hybridized carbons (Fsp3) is 0.278. The van der Waals surface area contributed by atoms with Crippen LogP contribution in [0.3, 0.4) is 0 Å². The molecule has 2 aromatic rings. The monoisotopic (exact) mass is 298 g/mol. The summed E-state index contributed by atoms with van der Waals surface area (Å²) in [6.45, 7) is 2.58. The second-order valence-electron chi connectivity index (χ2n) is 5.76. The van der Waals surface area contributed by atoms with Crippen molar-refractivity contribution < 1.29 is 9.18 Å². The van der Waals surface area contributed by atoms with Gasteiger partial charge in [0.05, 0.1) is 5.69 Å². The molecule has 22 heavy (non-hydrogen) atoms. The minimum absolute atomic E-state index is 0.224. The molecule has 0 heterocycles. The quantitative estimate of drug-likeness (QED) is 0.895. The maximum absolute atomic E-state index is 13.7. The summed E-state index contributed by atoms with van der Waals surface area (Å²) in [6.07, 6.45) is 2.02. The molecule has 0 aliphatic heterocycles. The molecule has 1 saturated carbocycles. The number of urea groups is 1. The van der Waals surface area contributed by atoms with Crippen molar-refractivity contribution in [2.75, 3.05) is 5.32 Å². The van der Waals surface area contributed by atoms with Crippen LogP contribution >= 0.6 is 0 Å². The van der Waals surface area contributed by atoms with Crippen molar-refractivity contribution in [2.45, 2.75) is 32.4 Å². The van der Waals surface area contributed by atoms with Gasteiger partial charge < -0.3 is 10.2 Å². The van der Waals surface area contributed by atoms with Crippen LogP contribution in [0.2, 0.25) is 0 Å². The summed E-state index contributed by atoms with van der Waals surface area (Å²) < 4.78 is 13.7. The first-order chi connectivity index (χ1) is 10.6. The van der Waals surface area contributed by atoms with Gasteiger partial charge in [-0.15, -0.1) is 0 Å². The van der Waals surface area contributed by atoms with Gasteiger partial charge in [-0.2, -0.15) is 0 Å². The summed E-state index contributed by atoms with van der Waals surface area (Å²) in [5.41, 5.74) is 2.49. The van der Waals surface area contributed by atoms with E-state index in [2.05, 4.69) is 11.4 Å². The number of carbonyl (C=O) groups is 1. The first-order valence-corrected chi connectivity index (χ1v) is 7.51. The second-order valence-corrected chi connectivity index (χ2v) is 5.76. The van der Waals surface area contributed by atoms with Crippen LogP contribution in [0.15, 0.2) is 48.5 Å². The molecule has 2 aromatic carbocycles. The van der Waals surface area contributed by atoms with Crippen LogP contribution in [0.5, 0.6) is 0 Å². The molecular formula is C18H19FN2O. The van der Waals surface area contributed by atoms with Crippen molar-refractivity contribution >= 4 is 11.7 Å². The SMILES string of the molecule is Cc1cccc(CN(C(=O)Nc2ccccc2F)C2CC2)c1. The number of nitrogens with one attached hydrogen (secondary N) is 1. The van der Waals surface area contributed by atoms with Crippen molar-refractivity contribution in [1.29, 1.82) is 0 Å². The highest BCUT2D eigenvalue weighted by Gasteiger charge is 2.32. The molecule has 0 spiro atoms. The minimum Gasteiger partial charge on any atom is -0.317 e. The summed E-state index contributed by atoms with van der Waals surface area (Å²) in [5, 5.41) is 2.68. The number of amides is 2. The summed E-state index contributed by atoms with van der Waals surface area (Å²) in [4.78, 5) is 14.3. The number of anilines is 1. The third kappa shape index (κ3) is 3.45. The van der Waals surface area contributed by atoms with Crippen molar-refractivity contribution in [3.8, 4) is 0 Å². The molecule has 0 radical (unpaired) electrons. The molecule has 1 aliphatic carbocycles. The van der Waals surface area contributed by atoms with Gasteiger partial charge in [-0.05, 0) is 37.5 Å². The first-order valence-electron chi connectivity index (χ1n) is 7.51. The molecule has 1 fully saturated rings. The third-order valence-corrected chi connectivity index (χ3v) is 3.80. The van der Waals surface area contributed by atoms with E-state index in [1.807, 2.05) is 25.1 Å². The fourth-order valence-electron chi connectivity index (χ4n) is 2.51. The van der Waals surface area contributed by atoms with E-state index in [0.29, 0.717) is 6.54 Å². The van der Waals surface area contributed by atoms with Crippen LogP contribution in [0.4, 0.5) is 14.9 Å². The molecule has 2 amide bonds.